The smallest absolute Gasteiger partial charge is 0.129 e. The highest BCUT2D eigenvalue weighted by atomic mass is 19.1. The Hall–Kier alpha value is -1.09. The summed E-state index contributed by atoms with van der Waals surface area (Å²) in [6.45, 7) is 5.77. The summed E-state index contributed by atoms with van der Waals surface area (Å²) in [5.41, 5.74) is 7.17. The number of rotatable bonds is 6. The molecular weight excluding hydrogens is 251 g/mol. The molecule has 1 aromatic carbocycles. The zero-order chi connectivity index (χ0) is 14.5. The van der Waals surface area contributed by atoms with Crippen LogP contribution in [0, 0.1) is 11.7 Å². The Bertz CT molecular complexity index is 425. The predicted molar refractivity (Wildman–Crippen MR) is 83.3 cm³/mol. The van der Waals surface area contributed by atoms with E-state index in [1.165, 1.54) is 25.7 Å². The molecule has 0 bridgehead atoms. The van der Waals surface area contributed by atoms with Gasteiger partial charge in [0.05, 0.1) is 0 Å². The van der Waals surface area contributed by atoms with E-state index in [1.807, 2.05) is 12.1 Å². The highest BCUT2D eigenvalue weighted by Gasteiger charge is 2.23. The maximum atomic E-state index is 14.0. The van der Waals surface area contributed by atoms with Crippen molar-refractivity contribution in [1.82, 2.24) is 0 Å². The summed E-state index contributed by atoms with van der Waals surface area (Å²) in [6, 6.07) is 6.11. The van der Waals surface area contributed by atoms with E-state index in [9.17, 15) is 4.39 Å². The Morgan fingerprint density at radius 1 is 1.30 bits per heavy atom. The van der Waals surface area contributed by atoms with Gasteiger partial charge in [0.25, 0.3) is 0 Å². The summed E-state index contributed by atoms with van der Waals surface area (Å²) in [7, 11) is 0. The fraction of sp³-hybridized carbons (Fsp3) is 0.647. The van der Waals surface area contributed by atoms with Crippen molar-refractivity contribution in [1.29, 1.82) is 0 Å². The summed E-state index contributed by atoms with van der Waals surface area (Å²) in [5, 5.41) is 0. The maximum absolute atomic E-state index is 14.0. The minimum Gasteiger partial charge on any atom is -0.368 e. The van der Waals surface area contributed by atoms with E-state index in [0.29, 0.717) is 17.5 Å². The number of hydrogen-bond acceptors (Lipinski definition) is 2. The molecular formula is C17H27FN2. The number of hydrogen-bond donors (Lipinski definition) is 1. The van der Waals surface area contributed by atoms with Crippen LogP contribution >= 0.6 is 0 Å². The number of halogens is 1. The molecule has 2 nitrogen and oxygen atoms in total. The van der Waals surface area contributed by atoms with E-state index in [0.717, 1.165) is 18.7 Å². The van der Waals surface area contributed by atoms with Crippen molar-refractivity contribution in [3.63, 3.8) is 0 Å². The van der Waals surface area contributed by atoms with Crippen molar-refractivity contribution >= 4 is 5.69 Å². The number of nitrogens with two attached hydrogens (primary N) is 1. The minimum absolute atomic E-state index is 0.169. The quantitative estimate of drug-likeness (QED) is 0.849. The van der Waals surface area contributed by atoms with Crippen LogP contribution in [-0.2, 0) is 6.54 Å². The average Bonchev–Trinajstić information content (AvgIpc) is 2.93. The summed E-state index contributed by atoms with van der Waals surface area (Å²) < 4.78 is 14.0. The van der Waals surface area contributed by atoms with Crippen molar-refractivity contribution < 1.29 is 4.39 Å². The second kappa shape index (κ2) is 7.07. The third-order valence-corrected chi connectivity index (χ3v) is 4.30. The SMILES string of the molecule is CC(C)CCN(c1ccc(CN)c(F)c1)C1CCCC1. The molecule has 0 saturated heterocycles. The highest BCUT2D eigenvalue weighted by molar-refractivity contribution is 5.49. The van der Waals surface area contributed by atoms with Gasteiger partial charge in [-0.3, -0.25) is 0 Å². The monoisotopic (exact) mass is 278 g/mol. The van der Waals surface area contributed by atoms with Gasteiger partial charge in [0.1, 0.15) is 5.82 Å². The third-order valence-electron chi connectivity index (χ3n) is 4.30. The molecule has 20 heavy (non-hydrogen) atoms. The molecule has 0 spiro atoms. The first-order chi connectivity index (χ1) is 9.61. The number of nitrogens with zero attached hydrogens (tertiary/aromatic N) is 1. The van der Waals surface area contributed by atoms with E-state index in [1.54, 1.807) is 6.07 Å². The Balaban J connectivity index is 2.18. The Morgan fingerprint density at radius 2 is 2.00 bits per heavy atom. The zero-order valence-corrected chi connectivity index (χ0v) is 12.7. The summed E-state index contributed by atoms with van der Waals surface area (Å²) in [4.78, 5) is 2.41. The van der Waals surface area contributed by atoms with Crippen molar-refractivity contribution in [3.05, 3.63) is 29.6 Å². The summed E-state index contributed by atoms with van der Waals surface area (Å²) >= 11 is 0. The molecule has 0 amide bonds. The van der Waals surface area contributed by atoms with Gasteiger partial charge >= 0.3 is 0 Å². The van der Waals surface area contributed by atoms with Gasteiger partial charge in [0.2, 0.25) is 0 Å². The molecule has 1 aliphatic rings. The Morgan fingerprint density at radius 3 is 2.55 bits per heavy atom. The first-order valence-electron chi connectivity index (χ1n) is 7.87. The fourth-order valence-electron chi connectivity index (χ4n) is 3.02. The van der Waals surface area contributed by atoms with Gasteiger partial charge in [-0.1, -0.05) is 32.8 Å². The zero-order valence-electron chi connectivity index (χ0n) is 12.7. The first-order valence-corrected chi connectivity index (χ1v) is 7.87. The van der Waals surface area contributed by atoms with Gasteiger partial charge in [0, 0.05) is 30.4 Å². The van der Waals surface area contributed by atoms with E-state index in [4.69, 9.17) is 5.73 Å². The van der Waals surface area contributed by atoms with Crippen LogP contribution in [0.25, 0.3) is 0 Å². The van der Waals surface area contributed by atoms with Crippen LogP contribution in [-0.4, -0.2) is 12.6 Å². The third kappa shape index (κ3) is 3.72. The molecule has 2 N–H and O–H groups in total. The molecule has 0 aromatic heterocycles. The molecule has 3 heteroatoms. The van der Waals surface area contributed by atoms with Crippen LogP contribution < -0.4 is 10.6 Å². The van der Waals surface area contributed by atoms with Gasteiger partial charge in [-0.2, -0.15) is 0 Å². The average molecular weight is 278 g/mol. The molecule has 0 unspecified atom stereocenters. The lowest BCUT2D eigenvalue weighted by molar-refractivity contribution is 0.526. The van der Waals surface area contributed by atoms with E-state index < -0.39 is 0 Å². The molecule has 0 radical (unpaired) electrons. The number of anilines is 1. The molecule has 1 fully saturated rings. The lowest BCUT2D eigenvalue weighted by Gasteiger charge is -2.32. The van der Waals surface area contributed by atoms with Crippen LogP contribution in [0.2, 0.25) is 0 Å². The second-order valence-corrected chi connectivity index (χ2v) is 6.29. The molecule has 1 saturated carbocycles. The summed E-state index contributed by atoms with van der Waals surface area (Å²) in [6.07, 6.45) is 6.21. The molecule has 0 atom stereocenters. The standard InChI is InChI=1S/C17H27FN2/c1-13(2)9-10-20(15-5-3-4-6-15)16-8-7-14(12-19)17(18)11-16/h7-8,11,13,15H,3-6,9-10,12,19H2,1-2H3. The highest BCUT2D eigenvalue weighted by Crippen LogP contribution is 2.30. The maximum Gasteiger partial charge on any atom is 0.129 e. The van der Waals surface area contributed by atoms with Crippen LogP contribution in [0.4, 0.5) is 10.1 Å². The van der Waals surface area contributed by atoms with Crippen molar-refractivity contribution in [2.24, 2.45) is 11.7 Å². The lowest BCUT2D eigenvalue weighted by Crippen LogP contribution is -2.34. The van der Waals surface area contributed by atoms with E-state index in [2.05, 4.69) is 18.7 Å². The van der Waals surface area contributed by atoms with Crippen LogP contribution in [0.3, 0.4) is 0 Å². The lowest BCUT2D eigenvalue weighted by atomic mass is 10.1. The molecule has 2 rings (SSSR count). The Labute approximate surface area is 122 Å². The van der Waals surface area contributed by atoms with Gasteiger partial charge in [-0.05, 0) is 37.3 Å². The molecule has 112 valence electrons. The topological polar surface area (TPSA) is 29.3 Å². The molecule has 0 aliphatic heterocycles. The van der Waals surface area contributed by atoms with E-state index >= 15 is 0 Å². The molecule has 1 aromatic rings. The van der Waals surface area contributed by atoms with Gasteiger partial charge in [-0.15, -0.1) is 0 Å². The van der Waals surface area contributed by atoms with Crippen LogP contribution in [0.15, 0.2) is 18.2 Å². The van der Waals surface area contributed by atoms with Crippen LogP contribution in [0.5, 0.6) is 0 Å². The summed E-state index contributed by atoms with van der Waals surface area (Å²) in [5.74, 6) is 0.504. The van der Waals surface area contributed by atoms with Crippen molar-refractivity contribution in [2.45, 2.75) is 58.5 Å². The van der Waals surface area contributed by atoms with Crippen molar-refractivity contribution in [2.75, 3.05) is 11.4 Å². The van der Waals surface area contributed by atoms with Crippen LogP contribution in [0.1, 0.15) is 51.5 Å². The minimum atomic E-state index is -0.169. The van der Waals surface area contributed by atoms with Gasteiger partial charge < -0.3 is 10.6 Å². The normalized spacial score (nSPS) is 16.1. The van der Waals surface area contributed by atoms with Gasteiger partial charge in [0.15, 0.2) is 0 Å². The van der Waals surface area contributed by atoms with Gasteiger partial charge in [-0.25, -0.2) is 4.39 Å². The largest absolute Gasteiger partial charge is 0.368 e. The predicted octanol–water partition coefficient (Wildman–Crippen LogP) is 4.08. The second-order valence-electron chi connectivity index (χ2n) is 6.29. The Kier molecular flexibility index (Phi) is 5.41. The van der Waals surface area contributed by atoms with E-state index in [-0.39, 0.29) is 12.4 Å². The number of benzene rings is 1. The van der Waals surface area contributed by atoms with Crippen molar-refractivity contribution in [3.8, 4) is 0 Å². The molecule has 1 aliphatic carbocycles. The molecule has 0 heterocycles. The fourth-order valence-corrected chi connectivity index (χ4v) is 3.02. The first kappa shape index (κ1) is 15.3.